The Morgan fingerprint density at radius 1 is 1.44 bits per heavy atom. The molecule has 0 atom stereocenters. The summed E-state index contributed by atoms with van der Waals surface area (Å²) in [5.41, 5.74) is 3.18. The molecule has 1 aromatic rings. The van der Waals surface area contributed by atoms with E-state index in [1.54, 1.807) is 0 Å². The molecule has 0 saturated heterocycles. The third-order valence-electron chi connectivity index (χ3n) is 3.52. The van der Waals surface area contributed by atoms with Crippen LogP contribution in [-0.4, -0.2) is 37.3 Å². The third-order valence-corrected chi connectivity index (χ3v) is 3.52. The number of aldehydes is 1. The number of nitrogens with zero attached hydrogens (tertiary/aromatic N) is 2. The van der Waals surface area contributed by atoms with Crippen LogP contribution in [0.4, 0.5) is 11.4 Å². The molecule has 0 saturated carbocycles. The highest BCUT2D eigenvalue weighted by atomic mass is 16.3. The molecule has 0 aromatic heterocycles. The molecule has 18 heavy (non-hydrogen) atoms. The summed E-state index contributed by atoms with van der Waals surface area (Å²) < 4.78 is 0. The van der Waals surface area contributed by atoms with Gasteiger partial charge < -0.3 is 10.0 Å². The molecule has 1 N–H and O–H groups in total. The van der Waals surface area contributed by atoms with Crippen molar-refractivity contribution < 1.29 is 9.90 Å². The van der Waals surface area contributed by atoms with Gasteiger partial charge in [0, 0.05) is 24.7 Å². The topological polar surface area (TPSA) is 52.9 Å². The fraction of sp³-hybridized carbons (Fsp3) is 0.429. The van der Waals surface area contributed by atoms with Gasteiger partial charge in [-0.05, 0) is 37.6 Å². The van der Waals surface area contributed by atoms with Crippen LogP contribution in [0.2, 0.25) is 0 Å². The van der Waals surface area contributed by atoms with Crippen LogP contribution < -0.4 is 4.90 Å². The zero-order valence-electron chi connectivity index (χ0n) is 11.0. The number of aliphatic imine (C=N–C) groups is 1. The van der Waals surface area contributed by atoms with Crippen LogP contribution >= 0.6 is 0 Å². The number of aliphatic hydroxyl groups is 1. The van der Waals surface area contributed by atoms with E-state index in [9.17, 15) is 4.79 Å². The van der Waals surface area contributed by atoms with Crippen LogP contribution in [0.15, 0.2) is 23.2 Å². The number of carbonyl (C=O) groups excluding carboxylic acids is 1. The molecule has 2 rings (SSSR count). The van der Waals surface area contributed by atoms with Gasteiger partial charge in [0.05, 0.1) is 18.0 Å². The predicted molar refractivity (Wildman–Crippen MR) is 73.0 cm³/mol. The van der Waals surface area contributed by atoms with Crippen molar-refractivity contribution >= 4 is 23.4 Å². The Kier molecular flexibility index (Phi) is 3.22. The second kappa shape index (κ2) is 4.53. The molecule has 0 amide bonds. The Bertz CT molecular complexity index is 507. The van der Waals surface area contributed by atoms with Crippen molar-refractivity contribution in [2.45, 2.75) is 19.3 Å². The molecular formula is C14H18N2O2. The van der Waals surface area contributed by atoms with Gasteiger partial charge in [0.15, 0.2) is 6.29 Å². The van der Waals surface area contributed by atoms with E-state index >= 15 is 0 Å². The summed E-state index contributed by atoms with van der Waals surface area (Å²) in [5, 5.41) is 8.96. The minimum atomic E-state index is -0.340. The van der Waals surface area contributed by atoms with Crippen LogP contribution in [0.25, 0.3) is 0 Å². The second-order valence-corrected chi connectivity index (χ2v) is 5.09. The Hall–Kier alpha value is -1.68. The molecule has 4 heteroatoms. The van der Waals surface area contributed by atoms with Gasteiger partial charge in [-0.25, -0.2) is 4.99 Å². The van der Waals surface area contributed by atoms with Crippen molar-refractivity contribution in [2.75, 3.05) is 25.1 Å². The van der Waals surface area contributed by atoms with E-state index in [2.05, 4.69) is 4.99 Å². The van der Waals surface area contributed by atoms with Crippen LogP contribution in [0.1, 0.15) is 19.4 Å². The number of fused-ring (bicyclic) bond motifs is 1. The summed E-state index contributed by atoms with van der Waals surface area (Å²) in [5.74, 6) is 0. The minimum absolute atomic E-state index is 0.118. The van der Waals surface area contributed by atoms with Crippen molar-refractivity contribution in [1.82, 2.24) is 0 Å². The number of hydrogen-bond acceptors (Lipinski definition) is 4. The average Bonchev–Trinajstić information content (AvgIpc) is 2.60. The summed E-state index contributed by atoms with van der Waals surface area (Å²) in [7, 11) is 1.93. The summed E-state index contributed by atoms with van der Waals surface area (Å²) in [6.45, 7) is 4.71. The maximum Gasteiger partial charge on any atom is 0.165 e. The van der Waals surface area contributed by atoms with Gasteiger partial charge in [-0.15, -0.1) is 0 Å². The van der Waals surface area contributed by atoms with Gasteiger partial charge in [-0.3, -0.25) is 4.79 Å². The van der Waals surface area contributed by atoms with Crippen molar-refractivity contribution in [3.63, 3.8) is 0 Å². The van der Waals surface area contributed by atoms with E-state index in [4.69, 9.17) is 5.11 Å². The van der Waals surface area contributed by atoms with Crippen molar-refractivity contribution in [1.29, 1.82) is 0 Å². The smallest absolute Gasteiger partial charge is 0.165 e. The summed E-state index contributed by atoms with van der Waals surface area (Å²) >= 11 is 0. The van der Waals surface area contributed by atoms with E-state index in [-0.39, 0.29) is 12.0 Å². The monoisotopic (exact) mass is 246 g/mol. The number of rotatable bonds is 4. The lowest BCUT2D eigenvalue weighted by Crippen LogP contribution is -2.27. The Morgan fingerprint density at radius 3 is 2.78 bits per heavy atom. The molecular weight excluding hydrogens is 228 g/mol. The number of anilines is 1. The van der Waals surface area contributed by atoms with Gasteiger partial charge in [-0.2, -0.15) is 0 Å². The summed E-state index contributed by atoms with van der Waals surface area (Å²) in [6.07, 6.45) is 0.830. The lowest BCUT2D eigenvalue weighted by molar-refractivity contribution is -0.102. The predicted octanol–water partition coefficient (Wildman–Crippen LogP) is 1.68. The first-order chi connectivity index (χ1) is 8.50. The molecule has 1 aromatic carbocycles. The van der Waals surface area contributed by atoms with Crippen molar-refractivity contribution in [3.05, 3.63) is 23.8 Å². The quantitative estimate of drug-likeness (QED) is 0.822. The highest BCUT2D eigenvalue weighted by Gasteiger charge is 2.34. The van der Waals surface area contributed by atoms with E-state index in [1.165, 1.54) is 0 Å². The first-order valence-electron chi connectivity index (χ1n) is 6.01. The first kappa shape index (κ1) is 12.8. The van der Waals surface area contributed by atoms with Crippen LogP contribution in [0, 0.1) is 0 Å². The average molecular weight is 246 g/mol. The normalized spacial score (nSPS) is 16.1. The van der Waals surface area contributed by atoms with Gasteiger partial charge in [-0.1, -0.05) is 0 Å². The maximum absolute atomic E-state index is 11.0. The lowest BCUT2D eigenvalue weighted by atomic mass is 9.82. The highest BCUT2D eigenvalue weighted by molar-refractivity contribution is 6.34. The standard InChI is InChI=1S/C14H18N2O2/c1-14(2)11-8-10(16(3)6-7-17)4-5-12(11)15-13(14)9-18/h4-5,8-9,17H,6-7H2,1-3H3. The Morgan fingerprint density at radius 2 is 2.17 bits per heavy atom. The molecule has 0 fully saturated rings. The van der Waals surface area contributed by atoms with Crippen molar-refractivity contribution in [2.24, 2.45) is 4.99 Å². The molecule has 0 unspecified atom stereocenters. The molecule has 1 heterocycles. The summed E-state index contributed by atoms with van der Waals surface area (Å²) in [6, 6.07) is 5.93. The second-order valence-electron chi connectivity index (χ2n) is 5.09. The number of likely N-dealkylation sites (N-methyl/N-ethyl adjacent to an activating group) is 1. The van der Waals surface area contributed by atoms with Gasteiger partial charge in [0.2, 0.25) is 0 Å². The van der Waals surface area contributed by atoms with E-state index in [0.29, 0.717) is 12.3 Å². The van der Waals surface area contributed by atoms with Gasteiger partial charge in [0.25, 0.3) is 0 Å². The third kappa shape index (κ3) is 1.93. The van der Waals surface area contributed by atoms with Gasteiger partial charge in [0.1, 0.15) is 0 Å². The number of aliphatic hydroxyl groups excluding tert-OH is 1. The van der Waals surface area contributed by atoms with Crippen LogP contribution in [0.3, 0.4) is 0 Å². The van der Waals surface area contributed by atoms with Crippen LogP contribution in [-0.2, 0) is 10.2 Å². The lowest BCUT2D eigenvalue weighted by Gasteiger charge is -2.23. The zero-order chi connectivity index (χ0) is 13.3. The van der Waals surface area contributed by atoms with Crippen LogP contribution in [0.5, 0.6) is 0 Å². The zero-order valence-corrected chi connectivity index (χ0v) is 11.0. The Labute approximate surface area is 107 Å². The fourth-order valence-electron chi connectivity index (χ4n) is 2.22. The maximum atomic E-state index is 11.0. The highest BCUT2D eigenvalue weighted by Crippen LogP contribution is 2.41. The Balaban J connectivity index is 2.41. The van der Waals surface area contributed by atoms with Crippen molar-refractivity contribution in [3.8, 4) is 0 Å². The molecule has 0 radical (unpaired) electrons. The minimum Gasteiger partial charge on any atom is -0.395 e. The number of hydrogen-bond donors (Lipinski definition) is 1. The first-order valence-corrected chi connectivity index (χ1v) is 6.01. The largest absolute Gasteiger partial charge is 0.395 e. The fourth-order valence-corrected chi connectivity index (χ4v) is 2.22. The molecule has 0 spiro atoms. The molecule has 0 aliphatic carbocycles. The molecule has 1 aliphatic rings. The molecule has 4 nitrogen and oxygen atoms in total. The van der Waals surface area contributed by atoms with E-state index in [1.807, 2.05) is 44.0 Å². The number of benzene rings is 1. The SMILES string of the molecule is CN(CCO)c1ccc2c(c1)C(C)(C)C(C=O)=N2. The van der Waals surface area contributed by atoms with E-state index < -0.39 is 0 Å². The van der Waals surface area contributed by atoms with E-state index in [0.717, 1.165) is 23.2 Å². The molecule has 0 bridgehead atoms. The van der Waals surface area contributed by atoms with Gasteiger partial charge >= 0.3 is 0 Å². The number of carbonyl (C=O) groups is 1. The molecule has 1 aliphatic heterocycles. The summed E-state index contributed by atoms with van der Waals surface area (Å²) in [4.78, 5) is 17.4. The molecule has 96 valence electrons.